The Morgan fingerprint density at radius 3 is 2.27 bits per heavy atom. The van der Waals surface area contributed by atoms with E-state index in [0.717, 1.165) is 11.1 Å². The zero-order valence-electron chi connectivity index (χ0n) is 15.3. The van der Waals surface area contributed by atoms with Crippen LogP contribution in [0.1, 0.15) is 18.1 Å². The van der Waals surface area contributed by atoms with Crippen LogP contribution in [-0.4, -0.2) is 4.98 Å². The Morgan fingerprint density at radius 2 is 1.62 bits per heavy atom. The van der Waals surface area contributed by atoms with E-state index < -0.39 is 0 Å². The molecular formula is C25H23N. The molecule has 0 atom stereocenters. The third kappa shape index (κ3) is 4.07. The fourth-order valence-corrected chi connectivity index (χ4v) is 3.05. The molecule has 3 aromatic rings. The van der Waals surface area contributed by atoms with Crippen molar-refractivity contribution in [3.63, 3.8) is 0 Å². The Hall–Kier alpha value is -3.19. The van der Waals surface area contributed by atoms with Gasteiger partial charge in [0.25, 0.3) is 0 Å². The zero-order valence-corrected chi connectivity index (χ0v) is 15.3. The number of rotatable bonds is 5. The molecule has 1 heterocycles. The molecule has 0 saturated heterocycles. The van der Waals surface area contributed by atoms with Gasteiger partial charge >= 0.3 is 0 Å². The van der Waals surface area contributed by atoms with Crippen molar-refractivity contribution < 1.29 is 0 Å². The molecule has 0 saturated carbocycles. The molecule has 0 aliphatic heterocycles. The van der Waals surface area contributed by atoms with E-state index in [9.17, 15) is 0 Å². The van der Waals surface area contributed by atoms with Crippen LogP contribution in [0.15, 0.2) is 97.9 Å². The second-order valence-corrected chi connectivity index (χ2v) is 6.26. The number of benzene rings is 2. The summed E-state index contributed by atoms with van der Waals surface area (Å²) in [4.78, 5) is 4.14. The molecule has 3 rings (SSSR count). The van der Waals surface area contributed by atoms with E-state index in [0.29, 0.717) is 0 Å². The SMILES string of the molecule is C=CC=C(C=CC)c1cc(-c2ccncc2)cc(-c2cccc(C)c2)c1. The van der Waals surface area contributed by atoms with Crippen LogP contribution in [0.4, 0.5) is 0 Å². The molecule has 0 N–H and O–H groups in total. The molecule has 0 radical (unpaired) electrons. The van der Waals surface area contributed by atoms with Crippen molar-refractivity contribution in [1.82, 2.24) is 4.98 Å². The van der Waals surface area contributed by atoms with Crippen LogP contribution in [-0.2, 0) is 0 Å². The lowest BCUT2D eigenvalue weighted by atomic mass is 9.93. The Labute approximate surface area is 156 Å². The van der Waals surface area contributed by atoms with Gasteiger partial charge in [0.2, 0.25) is 0 Å². The average Bonchev–Trinajstić information content (AvgIpc) is 2.68. The van der Waals surface area contributed by atoms with Gasteiger partial charge in [0.15, 0.2) is 0 Å². The molecular weight excluding hydrogens is 314 g/mol. The van der Waals surface area contributed by atoms with Gasteiger partial charge in [-0.05, 0) is 77.6 Å². The van der Waals surface area contributed by atoms with Crippen LogP contribution in [0.5, 0.6) is 0 Å². The first-order valence-corrected chi connectivity index (χ1v) is 8.79. The molecule has 0 fully saturated rings. The number of pyridine rings is 1. The van der Waals surface area contributed by atoms with Crippen LogP contribution in [0.25, 0.3) is 27.8 Å². The molecule has 0 unspecified atom stereocenters. The van der Waals surface area contributed by atoms with Gasteiger partial charge in [-0.1, -0.05) is 60.7 Å². The number of aryl methyl sites for hydroxylation is 1. The quantitative estimate of drug-likeness (QED) is 0.463. The third-order valence-corrected chi connectivity index (χ3v) is 4.28. The second-order valence-electron chi connectivity index (χ2n) is 6.26. The van der Waals surface area contributed by atoms with Crippen molar-refractivity contribution in [3.05, 3.63) is 109 Å². The fraction of sp³-hybridized carbons (Fsp3) is 0.0800. The summed E-state index contributed by atoms with van der Waals surface area (Å²) < 4.78 is 0. The predicted molar refractivity (Wildman–Crippen MR) is 113 cm³/mol. The Kier molecular flexibility index (Phi) is 5.60. The second kappa shape index (κ2) is 8.26. The van der Waals surface area contributed by atoms with Gasteiger partial charge in [0.05, 0.1) is 0 Å². The Morgan fingerprint density at radius 1 is 0.885 bits per heavy atom. The van der Waals surface area contributed by atoms with E-state index >= 15 is 0 Å². The van der Waals surface area contributed by atoms with E-state index in [-0.39, 0.29) is 0 Å². The summed E-state index contributed by atoms with van der Waals surface area (Å²) in [5.41, 5.74) is 8.35. The lowest BCUT2D eigenvalue weighted by molar-refractivity contribution is 1.33. The van der Waals surface area contributed by atoms with E-state index in [1.165, 1.54) is 27.8 Å². The first-order valence-electron chi connectivity index (χ1n) is 8.79. The third-order valence-electron chi connectivity index (χ3n) is 4.28. The highest BCUT2D eigenvalue weighted by atomic mass is 14.6. The van der Waals surface area contributed by atoms with Gasteiger partial charge in [-0.3, -0.25) is 4.98 Å². The monoisotopic (exact) mass is 337 g/mol. The van der Waals surface area contributed by atoms with Crippen molar-refractivity contribution in [2.24, 2.45) is 0 Å². The van der Waals surface area contributed by atoms with Gasteiger partial charge in [-0.2, -0.15) is 0 Å². The summed E-state index contributed by atoms with van der Waals surface area (Å²) in [5, 5.41) is 0. The van der Waals surface area contributed by atoms with Gasteiger partial charge in [-0.25, -0.2) is 0 Å². The molecule has 1 heteroatoms. The van der Waals surface area contributed by atoms with Crippen LogP contribution >= 0.6 is 0 Å². The molecule has 0 bridgehead atoms. The summed E-state index contributed by atoms with van der Waals surface area (Å²) in [6.07, 6.45) is 11.7. The molecule has 1 aromatic heterocycles. The molecule has 2 aromatic carbocycles. The first-order chi connectivity index (χ1) is 12.7. The maximum atomic E-state index is 4.14. The van der Waals surface area contributed by atoms with Gasteiger partial charge in [0, 0.05) is 12.4 Å². The summed E-state index contributed by atoms with van der Waals surface area (Å²) in [6, 6.07) is 19.4. The normalized spacial score (nSPS) is 11.7. The summed E-state index contributed by atoms with van der Waals surface area (Å²) in [7, 11) is 0. The first kappa shape index (κ1) is 17.6. The van der Waals surface area contributed by atoms with E-state index in [1.807, 2.05) is 43.6 Å². The average molecular weight is 337 g/mol. The minimum atomic E-state index is 1.15. The number of nitrogens with zero attached hydrogens (tertiary/aromatic N) is 1. The minimum Gasteiger partial charge on any atom is -0.265 e. The van der Waals surface area contributed by atoms with Crippen LogP contribution in [0, 0.1) is 6.92 Å². The minimum absolute atomic E-state index is 1.15. The lowest BCUT2D eigenvalue weighted by Gasteiger charge is -2.12. The number of hydrogen-bond donors (Lipinski definition) is 0. The fourth-order valence-electron chi connectivity index (χ4n) is 3.05. The molecule has 0 amide bonds. The highest BCUT2D eigenvalue weighted by Crippen LogP contribution is 2.31. The zero-order chi connectivity index (χ0) is 18.4. The van der Waals surface area contributed by atoms with Crippen LogP contribution in [0.3, 0.4) is 0 Å². The van der Waals surface area contributed by atoms with Crippen molar-refractivity contribution in [1.29, 1.82) is 0 Å². The molecule has 26 heavy (non-hydrogen) atoms. The van der Waals surface area contributed by atoms with Crippen LogP contribution in [0.2, 0.25) is 0 Å². The Balaban J connectivity index is 2.23. The molecule has 0 aliphatic carbocycles. The maximum Gasteiger partial charge on any atom is 0.0273 e. The highest BCUT2D eigenvalue weighted by Gasteiger charge is 2.08. The maximum absolute atomic E-state index is 4.14. The summed E-state index contributed by atoms with van der Waals surface area (Å²) >= 11 is 0. The Bertz CT molecular complexity index is 962. The molecule has 0 aliphatic rings. The van der Waals surface area contributed by atoms with Gasteiger partial charge in [0.1, 0.15) is 0 Å². The van der Waals surface area contributed by atoms with Crippen molar-refractivity contribution >= 4 is 5.57 Å². The van der Waals surface area contributed by atoms with E-state index in [4.69, 9.17) is 0 Å². The predicted octanol–water partition coefficient (Wildman–Crippen LogP) is 6.87. The lowest BCUT2D eigenvalue weighted by Crippen LogP contribution is -1.89. The van der Waals surface area contributed by atoms with Crippen LogP contribution < -0.4 is 0 Å². The summed E-state index contributed by atoms with van der Waals surface area (Å²) in [6.45, 7) is 8.02. The van der Waals surface area contributed by atoms with Gasteiger partial charge in [-0.15, -0.1) is 0 Å². The standard InChI is InChI=1S/C25H23N/c1-4-7-20(8-5-2)23-16-24(21-11-13-26-14-12-21)18-25(17-23)22-10-6-9-19(3)15-22/h4-18H,1H2,2-3H3. The molecule has 0 spiro atoms. The number of aromatic nitrogens is 1. The van der Waals surface area contributed by atoms with Crippen molar-refractivity contribution in [2.45, 2.75) is 13.8 Å². The topological polar surface area (TPSA) is 12.9 Å². The van der Waals surface area contributed by atoms with Crippen molar-refractivity contribution in [2.75, 3.05) is 0 Å². The molecule has 128 valence electrons. The summed E-state index contributed by atoms with van der Waals surface area (Å²) in [5.74, 6) is 0. The number of allylic oxidation sites excluding steroid dienone is 5. The van der Waals surface area contributed by atoms with E-state index in [2.05, 4.69) is 73.1 Å². The number of hydrogen-bond acceptors (Lipinski definition) is 1. The van der Waals surface area contributed by atoms with Crippen molar-refractivity contribution in [3.8, 4) is 22.3 Å². The van der Waals surface area contributed by atoms with Gasteiger partial charge < -0.3 is 0 Å². The van der Waals surface area contributed by atoms with E-state index in [1.54, 1.807) is 0 Å². The molecule has 1 nitrogen and oxygen atoms in total. The largest absolute Gasteiger partial charge is 0.265 e. The smallest absolute Gasteiger partial charge is 0.0273 e. The highest BCUT2D eigenvalue weighted by molar-refractivity contribution is 5.83.